The van der Waals surface area contributed by atoms with Gasteiger partial charge in [0.1, 0.15) is 0 Å². The van der Waals surface area contributed by atoms with Crippen LogP contribution in [0.3, 0.4) is 0 Å². The zero-order valence-electron chi connectivity index (χ0n) is 11.4. The molecular formula is C14H16F3NO3. The number of Topliss-reactive ketones (excluding diaryl/α,β-unsaturated/α-hetero) is 1. The summed E-state index contributed by atoms with van der Waals surface area (Å²) in [5.74, 6) is -0.314. The smallest absolute Gasteiger partial charge is 0.416 e. The van der Waals surface area contributed by atoms with Gasteiger partial charge in [-0.25, -0.2) is 4.79 Å². The van der Waals surface area contributed by atoms with Gasteiger partial charge in [-0.2, -0.15) is 13.2 Å². The molecule has 0 aromatic heterocycles. The highest BCUT2D eigenvalue weighted by atomic mass is 19.4. The zero-order chi connectivity index (χ0) is 16.0. The number of primary amides is 1. The molecule has 0 aliphatic heterocycles. The van der Waals surface area contributed by atoms with Crippen molar-refractivity contribution in [2.75, 3.05) is 6.61 Å². The highest BCUT2D eigenvalue weighted by molar-refractivity contribution is 5.96. The van der Waals surface area contributed by atoms with Crippen molar-refractivity contribution in [1.82, 2.24) is 0 Å². The molecule has 1 aromatic carbocycles. The maximum absolute atomic E-state index is 12.4. The van der Waals surface area contributed by atoms with Crippen LogP contribution in [0.1, 0.15) is 35.7 Å². The minimum absolute atomic E-state index is 0.0594. The number of benzene rings is 1. The second-order valence-corrected chi connectivity index (χ2v) is 4.77. The monoisotopic (exact) mass is 303 g/mol. The van der Waals surface area contributed by atoms with Crippen LogP contribution in [0.2, 0.25) is 0 Å². The number of ether oxygens (including phenoxy) is 1. The van der Waals surface area contributed by atoms with Crippen molar-refractivity contribution in [2.24, 2.45) is 11.7 Å². The summed E-state index contributed by atoms with van der Waals surface area (Å²) in [6.07, 6.45) is -4.68. The number of hydrogen-bond acceptors (Lipinski definition) is 3. The molecular weight excluding hydrogens is 287 g/mol. The van der Waals surface area contributed by atoms with Gasteiger partial charge in [0.2, 0.25) is 0 Å². The van der Waals surface area contributed by atoms with Crippen LogP contribution >= 0.6 is 0 Å². The number of amides is 1. The van der Waals surface area contributed by atoms with Gasteiger partial charge < -0.3 is 10.5 Å². The van der Waals surface area contributed by atoms with E-state index in [1.807, 2.05) is 0 Å². The van der Waals surface area contributed by atoms with E-state index in [2.05, 4.69) is 4.74 Å². The molecule has 0 radical (unpaired) electrons. The number of carbonyl (C=O) groups is 2. The Morgan fingerprint density at radius 1 is 1.24 bits per heavy atom. The third-order valence-electron chi connectivity index (χ3n) is 2.91. The van der Waals surface area contributed by atoms with Crippen LogP contribution in [0.4, 0.5) is 18.0 Å². The number of rotatable bonds is 6. The van der Waals surface area contributed by atoms with E-state index in [4.69, 9.17) is 5.73 Å². The van der Waals surface area contributed by atoms with E-state index < -0.39 is 17.8 Å². The highest BCUT2D eigenvalue weighted by Gasteiger charge is 2.30. The summed E-state index contributed by atoms with van der Waals surface area (Å²) in [5, 5.41) is 0. The molecule has 0 saturated heterocycles. The Morgan fingerprint density at radius 2 is 1.81 bits per heavy atom. The lowest BCUT2D eigenvalue weighted by Gasteiger charge is -2.10. The van der Waals surface area contributed by atoms with E-state index >= 15 is 0 Å². The van der Waals surface area contributed by atoms with Crippen LogP contribution in [0.5, 0.6) is 0 Å². The zero-order valence-corrected chi connectivity index (χ0v) is 11.4. The van der Waals surface area contributed by atoms with Crippen LogP contribution in [0, 0.1) is 5.92 Å². The summed E-state index contributed by atoms with van der Waals surface area (Å²) in [4.78, 5) is 22.3. The molecule has 0 fully saturated rings. The molecule has 1 rings (SSSR count). The number of hydrogen-bond donors (Lipinski definition) is 1. The van der Waals surface area contributed by atoms with Crippen LogP contribution in [-0.4, -0.2) is 18.5 Å². The average molecular weight is 303 g/mol. The van der Waals surface area contributed by atoms with Crippen molar-refractivity contribution in [2.45, 2.75) is 25.9 Å². The molecule has 0 aliphatic carbocycles. The van der Waals surface area contributed by atoms with E-state index in [0.717, 1.165) is 24.3 Å². The second-order valence-electron chi connectivity index (χ2n) is 4.77. The first-order valence-corrected chi connectivity index (χ1v) is 6.33. The molecule has 21 heavy (non-hydrogen) atoms. The third kappa shape index (κ3) is 5.85. The lowest BCUT2D eigenvalue weighted by atomic mass is 10.00. The normalized spacial score (nSPS) is 12.8. The summed E-state index contributed by atoms with van der Waals surface area (Å²) in [6.45, 7) is 1.89. The molecule has 116 valence electrons. The Hall–Kier alpha value is -2.05. The summed E-state index contributed by atoms with van der Waals surface area (Å²) in [6, 6.07) is 4.09. The maximum atomic E-state index is 12.4. The molecule has 7 heteroatoms. The van der Waals surface area contributed by atoms with E-state index in [-0.39, 0.29) is 30.3 Å². The molecule has 1 atom stereocenters. The maximum Gasteiger partial charge on any atom is 0.416 e. The number of nitrogens with two attached hydrogens (primary N) is 1. The van der Waals surface area contributed by atoms with Gasteiger partial charge in [0, 0.05) is 12.0 Å². The van der Waals surface area contributed by atoms with Gasteiger partial charge in [-0.05, 0) is 24.5 Å². The van der Waals surface area contributed by atoms with Crippen LogP contribution in [0.15, 0.2) is 24.3 Å². The SMILES string of the molecule is CC(CCC(=O)c1ccc(C(F)(F)F)cc1)COC(N)=O. The lowest BCUT2D eigenvalue weighted by Crippen LogP contribution is -2.18. The summed E-state index contributed by atoms with van der Waals surface area (Å²) >= 11 is 0. The van der Waals surface area contributed by atoms with Crippen molar-refractivity contribution < 1.29 is 27.5 Å². The minimum atomic E-state index is -4.41. The molecule has 0 aliphatic rings. The largest absolute Gasteiger partial charge is 0.449 e. The molecule has 0 spiro atoms. The summed E-state index contributed by atoms with van der Waals surface area (Å²) in [5.41, 5.74) is 4.26. The first-order chi connectivity index (χ1) is 9.70. The molecule has 1 unspecified atom stereocenters. The van der Waals surface area contributed by atoms with Gasteiger partial charge in [-0.15, -0.1) is 0 Å². The molecule has 1 amide bonds. The van der Waals surface area contributed by atoms with Crippen LogP contribution in [0.25, 0.3) is 0 Å². The van der Waals surface area contributed by atoms with Gasteiger partial charge in [-0.1, -0.05) is 19.1 Å². The number of carbonyl (C=O) groups excluding carboxylic acids is 2. The lowest BCUT2D eigenvalue weighted by molar-refractivity contribution is -0.137. The third-order valence-corrected chi connectivity index (χ3v) is 2.91. The Balaban J connectivity index is 2.51. The summed E-state index contributed by atoms with van der Waals surface area (Å²) < 4.78 is 41.8. The Morgan fingerprint density at radius 3 is 2.29 bits per heavy atom. The fourth-order valence-corrected chi connectivity index (χ4v) is 1.67. The molecule has 0 saturated carbocycles. The molecule has 0 bridgehead atoms. The average Bonchev–Trinajstić information content (AvgIpc) is 2.41. The van der Waals surface area contributed by atoms with Crippen molar-refractivity contribution in [3.8, 4) is 0 Å². The van der Waals surface area contributed by atoms with Crippen molar-refractivity contribution in [1.29, 1.82) is 0 Å². The fraction of sp³-hybridized carbons (Fsp3) is 0.429. The number of ketones is 1. The van der Waals surface area contributed by atoms with Gasteiger partial charge >= 0.3 is 12.3 Å². The number of halogens is 3. The van der Waals surface area contributed by atoms with Gasteiger partial charge in [0.05, 0.1) is 12.2 Å². The summed E-state index contributed by atoms with van der Waals surface area (Å²) in [7, 11) is 0. The molecule has 4 nitrogen and oxygen atoms in total. The van der Waals surface area contributed by atoms with E-state index in [1.165, 1.54) is 0 Å². The Labute approximate surface area is 120 Å². The quantitative estimate of drug-likeness (QED) is 0.819. The predicted octanol–water partition coefficient (Wildman–Crippen LogP) is 3.40. The topological polar surface area (TPSA) is 69.4 Å². The van der Waals surface area contributed by atoms with E-state index in [1.54, 1.807) is 6.92 Å². The van der Waals surface area contributed by atoms with Crippen molar-refractivity contribution in [3.05, 3.63) is 35.4 Å². The van der Waals surface area contributed by atoms with Crippen LogP contribution in [-0.2, 0) is 10.9 Å². The van der Waals surface area contributed by atoms with Gasteiger partial charge in [0.25, 0.3) is 0 Å². The molecule has 1 aromatic rings. The highest BCUT2D eigenvalue weighted by Crippen LogP contribution is 2.29. The van der Waals surface area contributed by atoms with E-state index in [9.17, 15) is 22.8 Å². The standard InChI is InChI=1S/C14H16F3NO3/c1-9(8-21-13(18)20)2-7-12(19)10-3-5-11(6-4-10)14(15,16)17/h3-6,9H,2,7-8H2,1H3,(H2,18,20). The Bertz CT molecular complexity index is 497. The van der Waals surface area contributed by atoms with E-state index in [0.29, 0.717) is 6.42 Å². The molecule has 2 N–H and O–H groups in total. The fourth-order valence-electron chi connectivity index (χ4n) is 1.67. The van der Waals surface area contributed by atoms with Gasteiger partial charge in [-0.3, -0.25) is 4.79 Å². The number of alkyl halides is 3. The minimum Gasteiger partial charge on any atom is -0.449 e. The van der Waals surface area contributed by atoms with Crippen molar-refractivity contribution in [3.63, 3.8) is 0 Å². The Kier molecular flexibility index (Phi) is 5.75. The van der Waals surface area contributed by atoms with Crippen LogP contribution < -0.4 is 5.73 Å². The predicted molar refractivity (Wildman–Crippen MR) is 69.7 cm³/mol. The molecule has 0 heterocycles. The van der Waals surface area contributed by atoms with Gasteiger partial charge in [0.15, 0.2) is 5.78 Å². The first kappa shape index (κ1) is 17.0. The first-order valence-electron chi connectivity index (χ1n) is 6.33. The van der Waals surface area contributed by atoms with Crippen molar-refractivity contribution >= 4 is 11.9 Å². The second kappa shape index (κ2) is 7.10.